The Balaban J connectivity index is 2.40. The van der Waals surface area contributed by atoms with Gasteiger partial charge in [0, 0.05) is 6.54 Å². The van der Waals surface area contributed by atoms with Crippen LogP contribution in [0.1, 0.15) is 24.2 Å². The molecule has 1 unspecified atom stereocenters. The van der Waals surface area contributed by atoms with Gasteiger partial charge in [0.1, 0.15) is 0 Å². The number of amides is 1. The molecule has 3 N–H and O–H groups in total. The van der Waals surface area contributed by atoms with Crippen LogP contribution in [0.5, 0.6) is 0 Å². The minimum atomic E-state index is -1.00. The van der Waals surface area contributed by atoms with E-state index in [-0.39, 0.29) is 23.3 Å². The summed E-state index contributed by atoms with van der Waals surface area (Å²) in [5, 5.41) is 15.0. The first-order chi connectivity index (χ1) is 8.50. The number of fused-ring (bicyclic) bond motifs is 1. The van der Waals surface area contributed by atoms with Crippen LogP contribution in [-0.4, -0.2) is 23.5 Å². The Hall–Kier alpha value is -2.04. The van der Waals surface area contributed by atoms with Crippen molar-refractivity contribution in [3.05, 3.63) is 23.8 Å². The molecule has 1 aliphatic heterocycles. The average molecular weight is 248 g/mol. The van der Waals surface area contributed by atoms with E-state index in [4.69, 9.17) is 5.11 Å². The number of rotatable bonds is 2. The van der Waals surface area contributed by atoms with Crippen molar-refractivity contribution in [2.24, 2.45) is 11.8 Å². The molecular formula is C13H16N2O3. The number of nitrogens with one attached hydrogen (secondary N) is 2. The molecular weight excluding hydrogens is 232 g/mol. The maximum absolute atomic E-state index is 12.0. The fourth-order valence-corrected chi connectivity index (χ4v) is 2.09. The summed E-state index contributed by atoms with van der Waals surface area (Å²) in [6.07, 6.45) is 0. The topological polar surface area (TPSA) is 78.4 Å². The quantitative estimate of drug-likeness (QED) is 0.748. The van der Waals surface area contributed by atoms with E-state index in [1.165, 1.54) is 6.07 Å². The molecule has 0 spiro atoms. The molecule has 0 fully saturated rings. The van der Waals surface area contributed by atoms with E-state index in [9.17, 15) is 9.59 Å². The Morgan fingerprint density at radius 3 is 2.78 bits per heavy atom. The summed E-state index contributed by atoms with van der Waals surface area (Å²) >= 11 is 0. The monoisotopic (exact) mass is 248 g/mol. The van der Waals surface area contributed by atoms with Gasteiger partial charge in [-0.25, -0.2) is 4.79 Å². The number of hydrogen-bond acceptors (Lipinski definition) is 3. The van der Waals surface area contributed by atoms with Gasteiger partial charge in [-0.3, -0.25) is 4.79 Å². The molecule has 1 atom stereocenters. The molecule has 5 heteroatoms. The van der Waals surface area contributed by atoms with Crippen molar-refractivity contribution in [3.63, 3.8) is 0 Å². The smallest absolute Gasteiger partial charge is 0.337 e. The summed E-state index contributed by atoms with van der Waals surface area (Å²) in [5.41, 5.74) is 1.20. The lowest BCUT2D eigenvalue weighted by Gasteiger charge is -2.16. The van der Waals surface area contributed by atoms with Gasteiger partial charge in [0.25, 0.3) is 0 Å². The molecule has 0 radical (unpaired) electrons. The van der Waals surface area contributed by atoms with Gasteiger partial charge in [-0.2, -0.15) is 0 Å². The Morgan fingerprint density at radius 2 is 2.17 bits per heavy atom. The molecule has 1 heterocycles. The number of carboxylic acids is 1. The summed E-state index contributed by atoms with van der Waals surface area (Å²) in [7, 11) is 0. The molecule has 0 saturated heterocycles. The van der Waals surface area contributed by atoms with Gasteiger partial charge in [0.15, 0.2) is 0 Å². The highest BCUT2D eigenvalue weighted by Gasteiger charge is 2.27. The molecule has 18 heavy (non-hydrogen) atoms. The van der Waals surface area contributed by atoms with Crippen LogP contribution >= 0.6 is 0 Å². The van der Waals surface area contributed by atoms with Crippen molar-refractivity contribution in [1.82, 2.24) is 0 Å². The van der Waals surface area contributed by atoms with Crippen LogP contribution in [0.4, 0.5) is 11.4 Å². The normalized spacial score (nSPS) is 18.6. The van der Waals surface area contributed by atoms with E-state index in [1.807, 2.05) is 13.8 Å². The minimum Gasteiger partial charge on any atom is -0.478 e. The predicted octanol–water partition coefficient (Wildman–Crippen LogP) is 2.02. The molecule has 1 amide bonds. The molecule has 1 aromatic carbocycles. The Morgan fingerprint density at radius 1 is 1.44 bits per heavy atom. The van der Waals surface area contributed by atoms with Crippen molar-refractivity contribution in [2.45, 2.75) is 13.8 Å². The second-order valence-electron chi connectivity index (χ2n) is 4.75. The van der Waals surface area contributed by atoms with Crippen LogP contribution < -0.4 is 10.6 Å². The molecule has 0 aromatic heterocycles. The van der Waals surface area contributed by atoms with E-state index in [1.54, 1.807) is 12.1 Å². The fourth-order valence-electron chi connectivity index (χ4n) is 2.09. The zero-order valence-electron chi connectivity index (χ0n) is 10.4. The Bertz CT molecular complexity index is 497. The number of carbonyl (C=O) groups is 2. The highest BCUT2D eigenvalue weighted by molar-refractivity contribution is 6.04. The molecule has 2 rings (SSSR count). The van der Waals surface area contributed by atoms with E-state index < -0.39 is 5.97 Å². The largest absolute Gasteiger partial charge is 0.478 e. The number of carboxylic acid groups (broad SMARTS) is 1. The first-order valence-corrected chi connectivity index (χ1v) is 5.91. The second kappa shape index (κ2) is 4.68. The van der Waals surface area contributed by atoms with Crippen LogP contribution in [0.3, 0.4) is 0 Å². The maximum atomic E-state index is 12.0. The molecule has 5 nitrogen and oxygen atoms in total. The number of carbonyl (C=O) groups excluding carboxylic acids is 1. The zero-order chi connectivity index (χ0) is 13.3. The summed E-state index contributed by atoms with van der Waals surface area (Å²) < 4.78 is 0. The molecule has 1 aliphatic rings. The average Bonchev–Trinajstić information content (AvgIpc) is 2.46. The predicted molar refractivity (Wildman–Crippen MR) is 68.8 cm³/mol. The maximum Gasteiger partial charge on any atom is 0.337 e. The van der Waals surface area contributed by atoms with Gasteiger partial charge in [0.05, 0.1) is 22.9 Å². The van der Waals surface area contributed by atoms with Gasteiger partial charge in [-0.05, 0) is 18.1 Å². The highest BCUT2D eigenvalue weighted by Crippen LogP contribution is 2.30. The summed E-state index contributed by atoms with van der Waals surface area (Å²) in [5.74, 6) is -1.05. The van der Waals surface area contributed by atoms with E-state index >= 15 is 0 Å². The van der Waals surface area contributed by atoms with Gasteiger partial charge < -0.3 is 15.7 Å². The molecule has 0 saturated carbocycles. The third-order valence-electron chi connectivity index (χ3n) is 3.19. The van der Waals surface area contributed by atoms with Crippen molar-refractivity contribution in [2.75, 3.05) is 17.2 Å². The van der Waals surface area contributed by atoms with Crippen LogP contribution in [0.2, 0.25) is 0 Å². The standard InChI is InChI=1S/C13H16N2O3/c1-7(2)9-6-14-11-8(13(17)18)4-3-5-10(11)15-12(9)16/h3-5,7,9,14H,6H2,1-2H3,(H,15,16)(H,17,18). The molecule has 0 bridgehead atoms. The van der Waals surface area contributed by atoms with Crippen LogP contribution in [0.25, 0.3) is 0 Å². The van der Waals surface area contributed by atoms with Crippen molar-refractivity contribution < 1.29 is 14.7 Å². The lowest BCUT2D eigenvalue weighted by molar-refractivity contribution is -0.120. The fraction of sp³-hybridized carbons (Fsp3) is 0.385. The molecule has 1 aromatic rings. The number of aromatic carboxylic acids is 1. The number of para-hydroxylation sites is 1. The first-order valence-electron chi connectivity index (χ1n) is 5.91. The minimum absolute atomic E-state index is 0.0706. The summed E-state index contributed by atoms with van der Waals surface area (Å²) in [4.78, 5) is 23.1. The van der Waals surface area contributed by atoms with E-state index in [0.29, 0.717) is 17.9 Å². The number of benzene rings is 1. The molecule has 96 valence electrons. The van der Waals surface area contributed by atoms with Crippen molar-refractivity contribution >= 4 is 23.3 Å². The lowest BCUT2D eigenvalue weighted by atomic mass is 9.95. The van der Waals surface area contributed by atoms with Gasteiger partial charge in [-0.1, -0.05) is 19.9 Å². The van der Waals surface area contributed by atoms with Crippen molar-refractivity contribution in [3.8, 4) is 0 Å². The van der Waals surface area contributed by atoms with Crippen LogP contribution in [0, 0.1) is 11.8 Å². The van der Waals surface area contributed by atoms with Crippen molar-refractivity contribution in [1.29, 1.82) is 0 Å². The molecule has 0 aliphatic carbocycles. The number of anilines is 2. The highest BCUT2D eigenvalue weighted by atomic mass is 16.4. The third-order valence-corrected chi connectivity index (χ3v) is 3.19. The van der Waals surface area contributed by atoms with Gasteiger partial charge >= 0.3 is 5.97 Å². The zero-order valence-corrected chi connectivity index (χ0v) is 10.4. The lowest BCUT2D eigenvalue weighted by Crippen LogP contribution is -2.29. The van der Waals surface area contributed by atoms with E-state index in [2.05, 4.69) is 10.6 Å². The first kappa shape index (κ1) is 12.4. The van der Waals surface area contributed by atoms with Gasteiger partial charge in [0.2, 0.25) is 5.91 Å². The van der Waals surface area contributed by atoms with Gasteiger partial charge in [-0.15, -0.1) is 0 Å². The number of hydrogen-bond donors (Lipinski definition) is 3. The van der Waals surface area contributed by atoms with E-state index in [0.717, 1.165) is 0 Å². The van der Waals surface area contributed by atoms with Crippen LogP contribution in [-0.2, 0) is 4.79 Å². The summed E-state index contributed by atoms with van der Waals surface area (Å²) in [6.45, 7) is 4.39. The summed E-state index contributed by atoms with van der Waals surface area (Å²) in [6, 6.07) is 4.85. The SMILES string of the molecule is CC(C)C1CNc2c(cccc2C(=O)O)NC1=O. The Kier molecular flexibility index (Phi) is 3.23. The third kappa shape index (κ3) is 2.16. The van der Waals surface area contributed by atoms with Crippen LogP contribution in [0.15, 0.2) is 18.2 Å². The second-order valence-corrected chi connectivity index (χ2v) is 4.75. The Labute approximate surface area is 105 Å².